The van der Waals surface area contributed by atoms with Gasteiger partial charge in [0.1, 0.15) is 0 Å². The molecule has 21 heavy (non-hydrogen) atoms. The molecule has 1 aromatic rings. The van der Waals surface area contributed by atoms with Crippen molar-refractivity contribution in [1.82, 2.24) is 5.32 Å². The molecule has 118 valence electrons. The number of ether oxygens (including phenoxy) is 2. The maximum Gasteiger partial charge on any atom is 0.178 e. The molecule has 1 N–H and O–H groups in total. The minimum Gasteiger partial charge on any atom is -0.490 e. The van der Waals surface area contributed by atoms with Crippen molar-refractivity contribution >= 4 is 9.84 Å². The van der Waals surface area contributed by atoms with E-state index in [9.17, 15) is 8.42 Å². The Kier molecular flexibility index (Phi) is 5.47. The fourth-order valence-corrected chi connectivity index (χ4v) is 3.70. The van der Waals surface area contributed by atoms with Gasteiger partial charge in [0.05, 0.1) is 23.9 Å². The van der Waals surface area contributed by atoms with E-state index in [1.165, 1.54) is 0 Å². The molecule has 5 nitrogen and oxygen atoms in total. The molecule has 0 saturated carbocycles. The molecule has 0 aliphatic carbocycles. The van der Waals surface area contributed by atoms with Gasteiger partial charge in [-0.1, -0.05) is 6.92 Å². The number of benzene rings is 1. The van der Waals surface area contributed by atoms with E-state index < -0.39 is 9.84 Å². The first-order valence-corrected chi connectivity index (χ1v) is 9.04. The van der Waals surface area contributed by atoms with Crippen molar-refractivity contribution < 1.29 is 17.9 Å². The molecule has 1 aromatic carbocycles. The average molecular weight is 313 g/mol. The first-order chi connectivity index (χ1) is 10.0. The van der Waals surface area contributed by atoms with Gasteiger partial charge in [-0.05, 0) is 32.0 Å². The van der Waals surface area contributed by atoms with Crippen LogP contribution in [-0.4, -0.2) is 40.0 Å². The number of sulfone groups is 1. The summed E-state index contributed by atoms with van der Waals surface area (Å²) < 4.78 is 35.8. The van der Waals surface area contributed by atoms with Gasteiger partial charge >= 0.3 is 0 Å². The third kappa shape index (κ3) is 4.35. The molecule has 0 spiro atoms. The van der Waals surface area contributed by atoms with E-state index in [0.29, 0.717) is 36.0 Å². The standard InChI is InChI=1S/C15H23NO4S/c1-3-16-12(2)7-10-21(17,18)13-5-6-14-15(11-13)20-9-4-8-19-14/h5-6,11-12,16H,3-4,7-10H2,1-2H3. The highest BCUT2D eigenvalue weighted by molar-refractivity contribution is 7.91. The summed E-state index contributed by atoms with van der Waals surface area (Å²) >= 11 is 0. The highest BCUT2D eigenvalue weighted by Crippen LogP contribution is 2.32. The lowest BCUT2D eigenvalue weighted by Gasteiger charge is -2.13. The van der Waals surface area contributed by atoms with Crippen molar-refractivity contribution in [2.45, 2.75) is 37.6 Å². The Morgan fingerprint density at radius 3 is 2.67 bits per heavy atom. The Morgan fingerprint density at radius 1 is 1.24 bits per heavy atom. The number of hydrogen-bond acceptors (Lipinski definition) is 5. The van der Waals surface area contributed by atoms with E-state index in [1.54, 1.807) is 18.2 Å². The Morgan fingerprint density at radius 2 is 1.95 bits per heavy atom. The third-order valence-corrected chi connectivity index (χ3v) is 5.20. The summed E-state index contributed by atoms with van der Waals surface area (Å²) in [5.74, 6) is 1.27. The largest absolute Gasteiger partial charge is 0.490 e. The van der Waals surface area contributed by atoms with Crippen molar-refractivity contribution in [2.24, 2.45) is 0 Å². The molecular weight excluding hydrogens is 290 g/mol. The fourth-order valence-electron chi connectivity index (χ4n) is 2.24. The van der Waals surface area contributed by atoms with Gasteiger partial charge in [-0.25, -0.2) is 8.42 Å². The highest BCUT2D eigenvalue weighted by Gasteiger charge is 2.19. The Hall–Kier alpha value is -1.27. The third-order valence-electron chi connectivity index (χ3n) is 3.45. The topological polar surface area (TPSA) is 64.6 Å². The zero-order valence-corrected chi connectivity index (χ0v) is 13.4. The van der Waals surface area contributed by atoms with Crippen LogP contribution in [0.4, 0.5) is 0 Å². The maximum atomic E-state index is 12.4. The lowest BCUT2D eigenvalue weighted by Crippen LogP contribution is -2.27. The van der Waals surface area contributed by atoms with Gasteiger partial charge < -0.3 is 14.8 Å². The van der Waals surface area contributed by atoms with Crippen molar-refractivity contribution in [2.75, 3.05) is 25.5 Å². The van der Waals surface area contributed by atoms with Crippen LogP contribution in [0.15, 0.2) is 23.1 Å². The molecule has 0 amide bonds. The molecule has 0 bridgehead atoms. The van der Waals surface area contributed by atoms with Crippen LogP contribution in [0.5, 0.6) is 11.5 Å². The molecular formula is C15H23NO4S. The van der Waals surface area contributed by atoms with Crippen LogP contribution in [-0.2, 0) is 9.84 Å². The number of fused-ring (bicyclic) bond motifs is 1. The second kappa shape index (κ2) is 7.13. The van der Waals surface area contributed by atoms with Gasteiger partial charge in [0, 0.05) is 18.5 Å². The van der Waals surface area contributed by atoms with E-state index in [-0.39, 0.29) is 11.8 Å². The van der Waals surface area contributed by atoms with E-state index in [1.807, 2.05) is 13.8 Å². The van der Waals surface area contributed by atoms with E-state index >= 15 is 0 Å². The summed E-state index contributed by atoms with van der Waals surface area (Å²) in [5, 5.41) is 3.22. The maximum absolute atomic E-state index is 12.4. The lowest BCUT2D eigenvalue weighted by atomic mass is 10.3. The zero-order valence-electron chi connectivity index (χ0n) is 12.6. The van der Waals surface area contributed by atoms with Gasteiger partial charge in [-0.2, -0.15) is 0 Å². The molecule has 2 rings (SSSR count). The minimum atomic E-state index is -3.29. The Balaban J connectivity index is 2.11. The minimum absolute atomic E-state index is 0.126. The van der Waals surface area contributed by atoms with Gasteiger partial charge in [0.15, 0.2) is 21.3 Å². The lowest BCUT2D eigenvalue weighted by molar-refractivity contribution is 0.297. The SMILES string of the molecule is CCNC(C)CCS(=O)(=O)c1ccc2c(c1)OCCCO2. The molecule has 1 aliphatic heterocycles. The molecule has 0 aromatic heterocycles. The molecule has 6 heteroatoms. The Labute approximate surface area is 126 Å². The second-order valence-electron chi connectivity index (χ2n) is 5.23. The number of nitrogens with one attached hydrogen (secondary N) is 1. The normalized spacial score (nSPS) is 16.3. The highest BCUT2D eigenvalue weighted by atomic mass is 32.2. The zero-order chi connectivity index (χ0) is 15.3. The molecule has 1 atom stereocenters. The first-order valence-electron chi connectivity index (χ1n) is 7.38. The number of rotatable bonds is 6. The second-order valence-corrected chi connectivity index (χ2v) is 7.33. The number of hydrogen-bond donors (Lipinski definition) is 1. The fraction of sp³-hybridized carbons (Fsp3) is 0.600. The van der Waals surface area contributed by atoms with Gasteiger partial charge in [0.2, 0.25) is 0 Å². The van der Waals surface area contributed by atoms with Crippen LogP contribution in [0.3, 0.4) is 0 Å². The monoisotopic (exact) mass is 313 g/mol. The van der Waals surface area contributed by atoms with Gasteiger partial charge in [-0.3, -0.25) is 0 Å². The predicted molar refractivity (Wildman–Crippen MR) is 81.9 cm³/mol. The van der Waals surface area contributed by atoms with E-state index in [2.05, 4.69) is 5.32 Å². The van der Waals surface area contributed by atoms with Gasteiger partial charge in [-0.15, -0.1) is 0 Å². The smallest absolute Gasteiger partial charge is 0.178 e. The molecule has 1 aliphatic rings. The Bertz CT molecular complexity index is 571. The first kappa shape index (κ1) is 16.1. The summed E-state index contributed by atoms with van der Waals surface area (Å²) in [7, 11) is -3.29. The average Bonchev–Trinajstić information content (AvgIpc) is 2.70. The van der Waals surface area contributed by atoms with Crippen LogP contribution in [0.1, 0.15) is 26.7 Å². The predicted octanol–water partition coefficient (Wildman–Crippen LogP) is 2.01. The van der Waals surface area contributed by atoms with Crippen LogP contribution in [0, 0.1) is 0 Å². The van der Waals surface area contributed by atoms with Crippen LogP contribution in [0.2, 0.25) is 0 Å². The van der Waals surface area contributed by atoms with Crippen LogP contribution in [0.25, 0.3) is 0 Å². The van der Waals surface area contributed by atoms with Crippen LogP contribution >= 0.6 is 0 Å². The van der Waals surface area contributed by atoms with Crippen molar-refractivity contribution in [3.05, 3.63) is 18.2 Å². The van der Waals surface area contributed by atoms with Gasteiger partial charge in [0.25, 0.3) is 0 Å². The van der Waals surface area contributed by atoms with E-state index in [0.717, 1.165) is 13.0 Å². The molecule has 1 heterocycles. The molecule has 0 radical (unpaired) electrons. The summed E-state index contributed by atoms with van der Waals surface area (Å²) in [5.41, 5.74) is 0. The summed E-state index contributed by atoms with van der Waals surface area (Å²) in [6.07, 6.45) is 1.39. The molecule has 0 saturated heterocycles. The summed E-state index contributed by atoms with van der Waals surface area (Å²) in [6, 6.07) is 5.04. The molecule has 0 fully saturated rings. The molecule has 1 unspecified atom stereocenters. The van der Waals surface area contributed by atoms with Crippen molar-refractivity contribution in [3.8, 4) is 11.5 Å². The van der Waals surface area contributed by atoms with Crippen LogP contribution < -0.4 is 14.8 Å². The summed E-state index contributed by atoms with van der Waals surface area (Å²) in [6.45, 7) is 5.99. The van der Waals surface area contributed by atoms with E-state index in [4.69, 9.17) is 9.47 Å². The summed E-state index contributed by atoms with van der Waals surface area (Å²) in [4.78, 5) is 0.301. The van der Waals surface area contributed by atoms with Crippen molar-refractivity contribution in [1.29, 1.82) is 0 Å². The quantitative estimate of drug-likeness (QED) is 0.870. The van der Waals surface area contributed by atoms with Crippen molar-refractivity contribution in [3.63, 3.8) is 0 Å².